The second kappa shape index (κ2) is 7.13. The highest BCUT2D eigenvalue weighted by molar-refractivity contribution is 6.31. The van der Waals surface area contributed by atoms with E-state index in [1.165, 1.54) is 12.1 Å². The molecule has 6 nitrogen and oxygen atoms in total. The third-order valence-corrected chi connectivity index (χ3v) is 4.06. The van der Waals surface area contributed by atoms with E-state index in [1.807, 2.05) is 26.2 Å². The van der Waals surface area contributed by atoms with Gasteiger partial charge in [0.15, 0.2) is 5.82 Å². The molecular formula is C18H16ClFN4O2. The van der Waals surface area contributed by atoms with Crippen molar-refractivity contribution < 1.29 is 9.18 Å². The number of nitrogens with zero attached hydrogens (tertiary/aromatic N) is 3. The van der Waals surface area contributed by atoms with Crippen LogP contribution < -0.4 is 15.8 Å². The van der Waals surface area contributed by atoms with Gasteiger partial charge in [-0.15, -0.1) is 0 Å². The molecule has 1 heterocycles. The van der Waals surface area contributed by atoms with Gasteiger partial charge in [0.1, 0.15) is 12.4 Å². The van der Waals surface area contributed by atoms with Crippen molar-refractivity contribution in [2.24, 2.45) is 0 Å². The number of anilines is 2. The van der Waals surface area contributed by atoms with Gasteiger partial charge in [-0.3, -0.25) is 9.59 Å². The van der Waals surface area contributed by atoms with Crippen molar-refractivity contribution in [1.82, 2.24) is 9.78 Å². The van der Waals surface area contributed by atoms with E-state index in [0.717, 1.165) is 10.7 Å². The summed E-state index contributed by atoms with van der Waals surface area (Å²) in [4.78, 5) is 26.7. The average Bonchev–Trinajstić information content (AvgIpc) is 2.60. The number of benzene rings is 2. The molecule has 0 fully saturated rings. The molecule has 3 rings (SSSR count). The molecule has 0 aliphatic carbocycles. The molecule has 1 aromatic heterocycles. The summed E-state index contributed by atoms with van der Waals surface area (Å²) in [6.07, 6.45) is 0. The monoisotopic (exact) mass is 374 g/mol. The zero-order valence-electron chi connectivity index (χ0n) is 14.2. The van der Waals surface area contributed by atoms with Crippen LogP contribution in [0.4, 0.5) is 15.9 Å². The van der Waals surface area contributed by atoms with Gasteiger partial charge in [-0.1, -0.05) is 29.8 Å². The van der Waals surface area contributed by atoms with Crippen molar-refractivity contribution in [2.75, 3.05) is 24.3 Å². The topological polar surface area (TPSA) is 67.2 Å². The Morgan fingerprint density at radius 1 is 1.23 bits per heavy atom. The Labute approximate surface area is 153 Å². The van der Waals surface area contributed by atoms with Gasteiger partial charge >= 0.3 is 0 Å². The predicted octanol–water partition coefficient (Wildman–Crippen LogP) is 2.89. The summed E-state index contributed by atoms with van der Waals surface area (Å²) in [5.74, 6) is -0.465. The number of aromatic nitrogens is 2. The standard InChI is InChI=1S/C18H16ClFN4O2/c1-23(2)17-12-5-3-4-6-13(12)18(26)24(22-17)10-16(25)21-11-7-8-15(20)14(19)9-11/h3-9H,10H2,1-2H3,(H,21,25). The molecule has 0 saturated heterocycles. The molecule has 1 amide bonds. The Morgan fingerprint density at radius 3 is 2.58 bits per heavy atom. The molecule has 0 spiro atoms. The number of carbonyl (C=O) groups is 1. The van der Waals surface area contributed by atoms with Crippen LogP contribution in [0.2, 0.25) is 5.02 Å². The maximum absolute atomic E-state index is 13.2. The van der Waals surface area contributed by atoms with Crippen LogP contribution in [0, 0.1) is 5.82 Å². The molecule has 0 atom stereocenters. The Balaban J connectivity index is 1.92. The SMILES string of the molecule is CN(C)c1nn(CC(=O)Nc2ccc(F)c(Cl)c2)c(=O)c2ccccc12. The molecule has 0 bridgehead atoms. The molecule has 3 aromatic rings. The van der Waals surface area contributed by atoms with E-state index in [1.54, 1.807) is 17.0 Å². The number of fused-ring (bicyclic) bond motifs is 1. The fourth-order valence-electron chi connectivity index (χ4n) is 2.57. The summed E-state index contributed by atoms with van der Waals surface area (Å²) >= 11 is 5.70. The minimum absolute atomic E-state index is 0.0984. The van der Waals surface area contributed by atoms with E-state index in [0.29, 0.717) is 22.3 Å². The quantitative estimate of drug-likeness (QED) is 0.762. The molecule has 8 heteroatoms. The maximum Gasteiger partial charge on any atom is 0.275 e. The Hall–Kier alpha value is -2.93. The number of hydrogen-bond acceptors (Lipinski definition) is 4. The van der Waals surface area contributed by atoms with Crippen LogP contribution in [0.1, 0.15) is 0 Å². The predicted molar refractivity (Wildman–Crippen MR) is 100 cm³/mol. The molecular weight excluding hydrogens is 359 g/mol. The molecule has 0 saturated carbocycles. The van der Waals surface area contributed by atoms with Crippen LogP contribution in [0.15, 0.2) is 47.3 Å². The first-order valence-electron chi connectivity index (χ1n) is 7.79. The highest BCUT2D eigenvalue weighted by Crippen LogP contribution is 2.21. The minimum atomic E-state index is -0.576. The van der Waals surface area contributed by atoms with Crippen molar-refractivity contribution in [1.29, 1.82) is 0 Å². The number of nitrogens with one attached hydrogen (secondary N) is 1. The first-order chi connectivity index (χ1) is 12.4. The van der Waals surface area contributed by atoms with Gasteiger partial charge in [0.25, 0.3) is 5.56 Å². The lowest BCUT2D eigenvalue weighted by atomic mass is 10.2. The van der Waals surface area contributed by atoms with Crippen LogP contribution in [0.25, 0.3) is 10.8 Å². The highest BCUT2D eigenvalue weighted by Gasteiger charge is 2.14. The molecule has 26 heavy (non-hydrogen) atoms. The first-order valence-corrected chi connectivity index (χ1v) is 8.16. The second-order valence-electron chi connectivity index (χ2n) is 5.90. The van der Waals surface area contributed by atoms with Gasteiger partial charge < -0.3 is 10.2 Å². The van der Waals surface area contributed by atoms with Crippen LogP contribution >= 0.6 is 11.6 Å². The average molecular weight is 375 g/mol. The number of hydrogen-bond donors (Lipinski definition) is 1. The van der Waals surface area contributed by atoms with E-state index in [9.17, 15) is 14.0 Å². The highest BCUT2D eigenvalue weighted by atomic mass is 35.5. The van der Waals surface area contributed by atoms with E-state index < -0.39 is 11.7 Å². The molecule has 2 aromatic carbocycles. The van der Waals surface area contributed by atoms with Gasteiger partial charge in [0.2, 0.25) is 5.91 Å². The molecule has 0 aliphatic rings. The molecule has 0 unspecified atom stereocenters. The number of amides is 1. The third-order valence-electron chi connectivity index (χ3n) is 3.77. The lowest BCUT2D eigenvalue weighted by Crippen LogP contribution is -2.31. The summed E-state index contributed by atoms with van der Waals surface area (Å²) in [5.41, 5.74) is -0.0263. The summed E-state index contributed by atoms with van der Waals surface area (Å²) in [6.45, 7) is -0.278. The minimum Gasteiger partial charge on any atom is -0.361 e. The summed E-state index contributed by atoms with van der Waals surface area (Å²) < 4.78 is 14.3. The van der Waals surface area contributed by atoms with Crippen LogP contribution in [0.3, 0.4) is 0 Å². The van der Waals surface area contributed by atoms with Gasteiger partial charge in [-0.25, -0.2) is 9.07 Å². The van der Waals surface area contributed by atoms with E-state index in [2.05, 4.69) is 10.4 Å². The molecule has 1 N–H and O–H groups in total. The summed E-state index contributed by atoms with van der Waals surface area (Å²) in [5, 5.41) is 7.97. The van der Waals surface area contributed by atoms with Crippen LogP contribution in [-0.2, 0) is 11.3 Å². The largest absolute Gasteiger partial charge is 0.361 e. The second-order valence-corrected chi connectivity index (χ2v) is 6.31. The smallest absolute Gasteiger partial charge is 0.275 e. The van der Waals surface area contributed by atoms with Crippen molar-refractivity contribution in [3.8, 4) is 0 Å². The zero-order chi connectivity index (χ0) is 18.8. The van der Waals surface area contributed by atoms with Crippen molar-refractivity contribution in [2.45, 2.75) is 6.54 Å². The van der Waals surface area contributed by atoms with Gasteiger partial charge in [-0.2, -0.15) is 5.10 Å². The van der Waals surface area contributed by atoms with Gasteiger partial charge in [0, 0.05) is 25.2 Å². The lowest BCUT2D eigenvalue weighted by molar-refractivity contribution is -0.117. The van der Waals surface area contributed by atoms with Crippen LogP contribution in [0.5, 0.6) is 0 Å². The number of rotatable bonds is 4. The Bertz CT molecular complexity index is 1050. The van der Waals surface area contributed by atoms with Crippen LogP contribution in [-0.4, -0.2) is 29.8 Å². The molecule has 0 radical (unpaired) electrons. The number of halogens is 2. The fourth-order valence-corrected chi connectivity index (χ4v) is 2.75. The van der Waals surface area contributed by atoms with E-state index >= 15 is 0 Å². The van der Waals surface area contributed by atoms with Gasteiger partial charge in [-0.05, 0) is 24.3 Å². The summed E-state index contributed by atoms with van der Waals surface area (Å²) in [6, 6.07) is 10.9. The van der Waals surface area contributed by atoms with Crippen molar-refractivity contribution >= 4 is 39.8 Å². The van der Waals surface area contributed by atoms with Gasteiger partial charge in [0.05, 0.1) is 10.4 Å². The van der Waals surface area contributed by atoms with Crippen molar-refractivity contribution in [3.63, 3.8) is 0 Å². The lowest BCUT2D eigenvalue weighted by Gasteiger charge is -2.16. The van der Waals surface area contributed by atoms with E-state index in [4.69, 9.17) is 11.6 Å². The van der Waals surface area contributed by atoms with E-state index in [-0.39, 0.29) is 17.1 Å². The Kier molecular flexibility index (Phi) is 4.90. The maximum atomic E-state index is 13.2. The Morgan fingerprint density at radius 2 is 1.92 bits per heavy atom. The van der Waals surface area contributed by atoms with Crippen molar-refractivity contribution in [3.05, 3.63) is 63.7 Å². The first kappa shape index (κ1) is 17.9. The molecule has 0 aliphatic heterocycles. The molecule has 134 valence electrons. The zero-order valence-corrected chi connectivity index (χ0v) is 14.9. The number of carbonyl (C=O) groups excluding carboxylic acids is 1. The normalized spacial score (nSPS) is 10.8. The summed E-state index contributed by atoms with van der Waals surface area (Å²) in [7, 11) is 3.62. The fraction of sp³-hybridized carbons (Fsp3) is 0.167. The third kappa shape index (κ3) is 3.52.